The van der Waals surface area contributed by atoms with Gasteiger partial charge in [0.05, 0.1) is 26.3 Å². The number of nitro groups is 1. The minimum atomic E-state index is -0.510. The maximum Gasteiger partial charge on any atom is 0.269 e. The molecule has 0 unspecified atom stereocenters. The fraction of sp³-hybridized carbons (Fsp3) is 0.167. The average molecular weight is 479 g/mol. The number of fused-ring (bicyclic) bond motifs is 1. The van der Waals surface area contributed by atoms with Crippen LogP contribution in [-0.2, 0) is 4.79 Å². The summed E-state index contributed by atoms with van der Waals surface area (Å²) in [6, 6.07) is 14.0. The van der Waals surface area contributed by atoms with Crippen LogP contribution in [0.4, 0.5) is 11.4 Å². The monoisotopic (exact) mass is 479 g/mol. The molecule has 1 aromatic heterocycles. The van der Waals surface area contributed by atoms with Gasteiger partial charge in [0, 0.05) is 23.4 Å². The van der Waals surface area contributed by atoms with Gasteiger partial charge in [-0.25, -0.2) is 4.98 Å². The van der Waals surface area contributed by atoms with Gasteiger partial charge in [0.25, 0.3) is 11.6 Å². The Bertz CT molecular complexity index is 1360. The van der Waals surface area contributed by atoms with Crippen LogP contribution in [0.5, 0.6) is 23.0 Å². The van der Waals surface area contributed by atoms with E-state index in [-0.39, 0.29) is 12.3 Å². The van der Waals surface area contributed by atoms with Gasteiger partial charge >= 0.3 is 0 Å². The van der Waals surface area contributed by atoms with Crippen molar-refractivity contribution in [2.24, 2.45) is 0 Å². The summed E-state index contributed by atoms with van der Waals surface area (Å²) < 4.78 is 27.4. The molecule has 0 saturated carbocycles. The van der Waals surface area contributed by atoms with E-state index in [4.69, 9.17) is 23.4 Å². The molecule has 0 bridgehead atoms. The molecule has 0 fully saturated rings. The minimum Gasteiger partial charge on any atom is -0.493 e. The van der Waals surface area contributed by atoms with E-state index in [1.54, 1.807) is 30.3 Å². The second-order valence-corrected chi connectivity index (χ2v) is 7.20. The van der Waals surface area contributed by atoms with Crippen molar-refractivity contribution >= 4 is 28.4 Å². The molecule has 0 radical (unpaired) electrons. The van der Waals surface area contributed by atoms with E-state index in [9.17, 15) is 14.9 Å². The van der Waals surface area contributed by atoms with Crippen molar-refractivity contribution < 1.29 is 33.1 Å². The van der Waals surface area contributed by atoms with E-state index in [1.165, 1.54) is 45.6 Å². The van der Waals surface area contributed by atoms with Gasteiger partial charge in [0.2, 0.25) is 11.6 Å². The maximum absolute atomic E-state index is 12.3. The van der Waals surface area contributed by atoms with Crippen molar-refractivity contribution in [3.63, 3.8) is 0 Å². The van der Waals surface area contributed by atoms with Gasteiger partial charge in [0.15, 0.2) is 23.7 Å². The normalized spacial score (nSPS) is 10.6. The van der Waals surface area contributed by atoms with Crippen molar-refractivity contribution in [3.05, 3.63) is 64.7 Å². The van der Waals surface area contributed by atoms with Gasteiger partial charge in [-0.3, -0.25) is 14.9 Å². The molecule has 4 aromatic rings. The summed E-state index contributed by atoms with van der Waals surface area (Å²) in [5, 5.41) is 13.4. The highest BCUT2D eigenvalue weighted by molar-refractivity contribution is 5.94. The quantitative estimate of drug-likeness (QED) is 0.273. The van der Waals surface area contributed by atoms with Gasteiger partial charge in [-0.1, -0.05) is 0 Å². The molecule has 11 nitrogen and oxygen atoms in total. The Kier molecular flexibility index (Phi) is 6.67. The number of methoxy groups -OCH3 is 3. The second-order valence-electron chi connectivity index (χ2n) is 7.20. The molecule has 0 saturated heterocycles. The molecule has 4 rings (SSSR count). The topological polar surface area (TPSA) is 135 Å². The number of nitrogens with one attached hydrogen (secondary N) is 1. The number of nitro benzene ring substituents is 1. The highest BCUT2D eigenvalue weighted by Gasteiger charge is 2.18. The van der Waals surface area contributed by atoms with Gasteiger partial charge < -0.3 is 28.7 Å². The molecule has 11 heteroatoms. The fourth-order valence-corrected chi connectivity index (χ4v) is 3.34. The third-order valence-electron chi connectivity index (χ3n) is 5.00. The van der Waals surface area contributed by atoms with Crippen molar-refractivity contribution in [3.8, 4) is 34.5 Å². The number of benzene rings is 3. The second kappa shape index (κ2) is 10.00. The molecule has 3 aromatic carbocycles. The number of hydrogen-bond donors (Lipinski definition) is 1. The number of amides is 1. The van der Waals surface area contributed by atoms with Crippen LogP contribution in [0.15, 0.2) is 59.0 Å². The standard InChI is InChI=1S/C24H21N3O8/c1-31-20-10-14(11-21(32-2)23(20)33-3)24-26-18-12-15(4-9-19(18)35-24)25-22(28)13-34-17-7-5-16(6-8-17)27(29)30/h4-12H,13H2,1-3H3,(H,25,28). The number of non-ortho nitro benzene ring substituents is 1. The Labute approximate surface area is 199 Å². The van der Waals surface area contributed by atoms with Crippen molar-refractivity contribution in [2.75, 3.05) is 33.3 Å². The summed E-state index contributed by atoms with van der Waals surface area (Å²) in [6.45, 7) is -0.272. The summed E-state index contributed by atoms with van der Waals surface area (Å²) in [7, 11) is 4.56. The summed E-state index contributed by atoms with van der Waals surface area (Å²) in [4.78, 5) is 27.0. The average Bonchev–Trinajstić information content (AvgIpc) is 3.30. The molecule has 1 amide bonds. The first kappa shape index (κ1) is 23.4. The van der Waals surface area contributed by atoms with E-state index in [0.29, 0.717) is 51.2 Å². The lowest BCUT2D eigenvalue weighted by Crippen LogP contribution is -2.20. The molecule has 1 N–H and O–H groups in total. The number of nitrogens with zero attached hydrogens (tertiary/aromatic N) is 2. The van der Waals surface area contributed by atoms with E-state index < -0.39 is 10.8 Å². The maximum atomic E-state index is 12.3. The minimum absolute atomic E-state index is 0.0615. The van der Waals surface area contributed by atoms with E-state index in [2.05, 4.69) is 10.3 Å². The SMILES string of the molecule is COc1cc(-c2nc3cc(NC(=O)COc4ccc([N+](=O)[O-])cc4)ccc3o2)cc(OC)c1OC. The lowest BCUT2D eigenvalue weighted by atomic mass is 10.2. The Balaban J connectivity index is 1.48. The summed E-state index contributed by atoms with van der Waals surface area (Å²) >= 11 is 0. The Morgan fingerprint density at radius 3 is 2.29 bits per heavy atom. The lowest BCUT2D eigenvalue weighted by Gasteiger charge is -2.12. The molecule has 0 spiro atoms. The Morgan fingerprint density at radius 2 is 1.69 bits per heavy atom. The van der Waals surface area contributed by atoms with Crippen molar-refractivity contribution in [1.82, 2.24) is 4.98 Å². The van der Waals surface area contributed by atoms with Crippen molar-refractivity contribution in [1.29, 1.82) is 0 Å². The number of ether oxygens (including phenoxy) is 4. The number of hydrogen-bond acceptors (Lipinski definition) is 9. The largest absolute Gasteiger partial charge is 0.493 e. The smallest absolute Gasteiger partial charge is 0.269 e. The highest BCUT2D eigenvalue weighted by Crippen LogP contribution is 2.41. The van der Waals surface area contributed by atoms with Gasteiger partial charge in [-0.15, -0.1) is 0 Å². The first-order valence-electron chi connectivity index (χ1n) is 10.3. The number of anilines is 1. The fourth-order valence-electron chi connectivity index (χ4n) is 3.34. The van der Waals surface area contributed by atoms with Gasteiger partial charge in [-0.2, -0.15) is 0 Å². The number of carbonyl (C=O) groups excluding carboxylic acids is 1. The molecule has 0 atom stereocenters. The predicted octanol–water partition coefficient (Wildman–Crippen LogP) is 4.45. The number of rotatable bonds is 9. The van der Waals surface area contributed by atoms with E-state index >= 15 is 0 Å². The van der Waals surface area contributed by atoms with Crippen LogP contribution in [0.3, 0.4) is 0 Å². The lowest BCUT2D eigenvalue weighted by molar-refractivity contribution is -0.384. The van der Waals surface area contributed by atoms with Crippen LogP contribution in [0.25, 0.3) is 22.6 Å². The molecule has 0 aliphatic heterocycles. The van der Waals surface area contributed by atoms with Crippen LogP contribution in [-0.4, -0.2) is 43.8 Å². The molecular formula is C24H21N3O8. The zero-order chi connectivity index (χ0) is 24.9. The summed E-state index contributed by atoms with van der Waals surface area (Å²) in [5.41, 5.74) is 2.11. The Morgan fingerprint density at radius 1 is 1.00 bits per heavy atom. The number of carbonyl (C=O) groups is 1. The van der Waals surface area contributed by atoms with Crippen molar-refractivity contribution in [2.45, 2.75) is 0 Å². The van der Waals surface area contributed by atoms with Crippen LogP contribution in [0.2, 0.25) is 0 Å². The zero-order valence-electron chi connectivity index (χ0n) is 19.1. The molecule has 180 valence electrons. The first-order valence-corrected chi connectivity index (χ1v) is 10.3. The molecule has 1 heterocycles. The molecule has 0 aliphatic rings. The number of oxazole rings is 1. The van der Waals surface area contributed by atoms with Gasteiger partial charge in [0.1, 0.15) is 11.3 Å². The van der Waals surface area contributed by atoms with Crippen LogP contribution in [0, 0.1) is 10.1 Å². The van der Waals surface area contributed by atoms with Crippen LogP contribution in [0.1, 0.15) is 0 Å². The molecule has 0 aliphatic carbocycles. The highest BCUT2D eigenvalue weighted by atomic mass is 16.6. The number of aromatic nitrogens is 1. The van der Waals surface area contributed by atoms with Crippen LogP contribution < -0.4 is 24.3 Å². The summed E-state index contributed by atoms with van der Waals surface area (Å²) in [5.74, 6) is 1.65. The van der Waals surface area contributed by atoms with E-state index in [1.807, 2.05) is 0 Å². The third kappa shape index (κ3) is 5.08. The third-order valence-corrected chi connectivity index (χ3v) is 5.00. The van der Waals surface area contributed by atoms with E-state index in [0.717, 1.165) is 0 Å². The Hall–Kier alpha value is -4.80. The molecule has 35 heavy (non-hydrogen) atoms. The van der Waals surface area contributed by atoms with Gasteiger partial charge in [-0.05, 0) is 42.5 Å². The summed E-state index contributed by atoms with van der Waals surface area (Å²) in [6.07, 6.45) is 0. The first-order chi connectivity index (χ1) is 16.9. The van der Waals surface area contributed by atoms with Crippen LogP contribution >= 0.6 is 0 Å². The zero-order valence-corrected chi connectivity index (χ0v) is 19.1. The predicted molar refractivity (Wildman–Crippen MR) is 126 cm³/mol. The molecular weight excluding hydrogens is 458 g/mol.